The third kappa shape index (κ3) is 3.44. The zero-order valence-corrected chi connectivity index (χ0v) is 10.9. The lowest BCUT2D eigenvalue weighted by molar-refractivity contribution is -0.385. The maximum absolute atomic E-state index is 11.9. The van der Waals surface area contributed by atoms with Crippen LogP contribution in [0, 0.1) is 17.0 Å². The maximum atomic E-state index is 11.9. The number of carbonyl (C=O) groups is 2. The van der Waals surface area contributed by atoms with Gasteiger partial charge in [-0.2, -0.15) is 12.6 Å². The van der Waals surface area contributed by atoms with Crippen LogP contribution in [0.15, 0.2) is 18.2 Å². The van der Waals surface area contributed by atoms with Crippen molar-refractivity contribution in [3.63, 3.8) is 0 Å². The zero-order chi connectivity index (χ0) is 14.6. The third-order valence-corrected chi connectivity index (χ3v) is 2.90. The fourth-order valence-electron chi connectivity index (χ4n) is 1.49. The summed E-state index contributed by atoms with van der Waals surface area (Å²) in [7, 11) is 0. The number of nitrogens with one attached hydrogen (secondary N) is 1. The molecule has 19 heavy (non-hydrogen) atoms. The second kappa shape index (κ2) is 6.19. The molecule has 8 heteroatoms. The molecule has 1 amide bonds. The molecule has 0 radical (unpaired) electrons. The molecule has 0 spiro atoms. The summed E-state index contributed by atoms with van der Waals surface area (Å²) >= 11 is 3.82. The number of amides is 1. The summed E-state index contributed by atoms with van der Waals surface area (Å²) < 4.78 is 0. The fourth-order valence-corrected chi connectivity index (χ4v) is 1.74. The van der Waals surface area contributed by atoms with E-state index < -0.39 is 22.8 Å². The van der Waals surface area contributed by atoms with Gasteiger partial charge < -0.3 is 10.4 Å². The first-order valence-electron chi connectivity index (χ1n) is 5.27. The SMILES string of the molecule is Cc1c(C(=O)NC(CS)C(=O)O)cccc1[N+](=O)[O-]. The Morgan fingerprint density at radius 3 is 2.63 bits per heavy atom. The molecule has 0 bridgehead atoms. The van der Waals surface area contributed by atoms with E-state index in [9.17, 15) is 19.7 Å². The number of rotatable bonds is 5. The Kier molecular flexibility index (Phi) is 4.87. The molecule has 0 saturated carbocycles. The molecular weight excluding hydrogens is 272 g/mol. The number of nitro groups is 1. The highest BCUT2D eigenvalue weighted by molar-refractivity contribution is 7.80. The van der Waals surface area contributed by atoms with Crippen LogP contribution in [0.1, 0.15) is 15.9 Å². The summed E-state index contributed by atoms with van der Waals surface area (Å²) in [5.74, 6) is -1.97. The second-order valence-corrected chi connectivity index (χ2v) is 4.12. The van der Waals surface area contributed by atoms with Gasteiger partial charge in [-0.3, -0.25) is 14.9 Å². The lowest BCUT2D eigenvalue weighted by atomic mass is 10.1. The van der Waals surface area contributed by atoms with Crippen molar-refractivity contribution in [2.45, 2.75) is 13.0 Å². The Bertz CT molecular complexity index is 532. The Labute approximate surface area is 114 Å². The van der Waals surface area contributed by atoms with E-state index in [0.717, 1.165) is 0 Å². The van der Waals surface area contributed by atoms with Crippen LogP contribution in [0.3, 0.4) is 0 Å². The summed E-state index contributed by atoms with van der Waals surface area (Å²) in [6.07, 6.45) is 0. The lowest BCUT2D eigenvalue weighted by Gasteiger charge is -2.13. The van der Waals surface area contributed by atoms with Gasteiger partial charge >= 0.3 is 5.97 Å². The van der Waals surface area contributed by atoms with Crippen LogP contribution in [0.25, 0.3) is 0 Å². The van der Waals surface area contributed by atoms with Gasteiger partial charge in [0.25, 0.3) is 11.6 Å². The van der Waals surface area contributed by atoms with Gasteiger partial charge in [0.15, 0.2) is 0 Å². The van der Waals surface area contributed by atoms with Gasteiger partial charge in [0, 0.05) is 22.9 Å². The van der Waals surface area contributed by atoms with E-state index in [1.807, 2.05) is 0 Å². The van der Waals surface area contributed by atoms with Crippen molar-refractivity contribution >= 4 is 30.2 Å². The summed E-state index contributed by atoms with van der Waals surface area (Å²) in [6.45, 7) is 1.43. The normalized spacial score (nSPS) is 11.7. The highest BCUT2D eigenvalue weighted by Crippen LogP contribution is 2.21. The van der Waals surface area contributed by atoms with Crippen LogP contribution in [0.5, 0.6) is 0 Å². The van der Waals surface area contributed by atoms with Gasteiger partial charge in [0.05, 0.1) is 4.92 Å². The topological polar surface area (TPSA) is 110 Å². The highest BCUT2D eigenvalue weighted by Gasteiger charge is 2.22. The van der Waals surface area contributed by atoms with E-state index in [0.29, 0.717) is 0 Å². The summed E-state index contributed by atoms with van der Waals surface area (Å²) in [5.41, 5.74) is 0.0703. The first kappa shape index (κ1) is 15.0. The van der Waals surface area contributed by atoms with E-state index in [-0.39, 0.29) is 22.6 Å². The molecule has 0 heterocycles. The maximum Gasteiger partial charge on any atom is 0.327 e. The highest BCUT2D eigenvalue weighted by atomic mass is 32.1. The van der Waals surface area contributed by atoms with Crippen molar-refractivity contribution in [3.05, 3.63) is 39.4 Å². The minimum absolute atomic E-state index is 0.0715. The Hall–Kier alpha value is -2.09. The van der Waals surface area contributed by atoms with E-state index in [1.54, 1.807) is 0 Å². The molecule has 2 N–H and O–H groups in total. The van der Waals surface area contributed by atoms with Crippen LogP contribution in [0.4, 0.5) is 5.69 Å². The van der Waals surface area contributed by atoms with E-state index in [4.69, 9.17) is 5.11 Å². The number of benzene rings is 1. The Morgan fingerprint density at radius 1 is 1.53 bits per heavy atom. The number of carboxylic acid groups (broad SMARTS) is 1. The number of nitrogens with zero attached hydrogens (tertiary/aromatic N) is 1. The van der Waals surface area contributed by atoms with Crippen molar-refractivity contribution in [1.29, 1.82) is 0 Å². The molecule has 7 nitrogen and oxygen atoms in total. The second-order valence-electron chi connectivity index (χ2n) is 3.75. The number of thiol groups is 1. The molecule has 1 atom stereocenters. The molecule has 102 valence electrons. The molecule has 1 rings (SSSR count). The van der Waals surface area contributed by atoms with Crippen molar-refractivity contribution < 1.29 is 19.6 Å². The Morgan fingerprint density at radius 2 is 2.16 bits per heavy atom. The van der Waals surface area contributed by atoms with Crippen molar-refractivity contribution in [2.75, 3.05) is 5.75 Å². The van der Waals surface area contributed by atoms with Crippen molar-refractivity contribution in [2.24, 2.45) is 0 Å². The number of carbonyl (C=O) groups excluding carboxylic acids is 1. The summed E-state index contributed by atoms with van der Waals surface area (Å²) in [4.78, 5) is 32.8. The number of hydrogen-bond acceptors (Lipinski definition) is 5. The lowest BCUT2D eigenvalue weighted by Crippen LogP contribution is -2.42. The van der Waals surface area contributed by atoms with E-state index in [1.165, 1.54) is 25.1 Å². The van der Waals surface area contributed by atoms with Gasteiger partial charge in [0.1, 0.15) is 6.04 Å². The van der Waals surface area contributed by atoms with Crippen LogP contribution in [-0.2, 0) is 4.79 Å². The van der Waals surface area contributed by atoms with Gasteiger partial charge in [-0.05, 0) is 13.0 Å². The third-order valence-electron chi connectivity index (χ3n) is 2.53. The minimum atomic E-state index is -1.22. The monoisotopic (exact) mass is 284 g/mol. The molecule has 0 fully saturated rings. The first-order valence-corrected chi connectivity index (χ1v) is 5.90. The largest absolute Gasteiger partial charge is 0.480 e. The summed E-state index contributed by atoms with van der Waals surface area (Å²) in [6, 6.07) is 2.90. The number of nitro benzene ring substituents is 1. The van der Waals surface area contributed by atoms with Gasteiger partial charge in [-0.25, -0.2) is 4.79 Å². The molecule has 0 aliphatic heterocycles. The Balaban J connectivity index is 3.04. The predicted octanol–water partition coefficient (Wildman–Crippen LogP) is 1.02. The smallest absolute Gasteiger partial charge is 0.327 e. The molecule has 0 aromatic heterocycles. The van der Waals surface area contributed by atoms with Gasteiger partial charge in [-0.1, -0.05) is 6.07 Å². The standard InChI is InChI=1S/C11H12N2O5S/c1-6-7(3-2-4-9(6)13(17)18)10(14)12-8(5-19)11(15)16/h2-4,8,19H,5H2,1H3,(H,12,14)(H,15,16). The van der Waals surface area contributed by atoms with E-state index in [2.05, 4.69) is 17.9 Å². The number of hydrogen-bond donors (Lipinski definition) is 3. The molecule has 0 aliphatic carbocycles. The van der Waals surface area contributed by atoms with E-state index >= 15 is 0 Å². The number of aliphatic carboxylic acids is 1. The quantitative estimate of drug-likeness (QED) is 0.425. The van der Waals surface area contributed by atoms with Crippen LogP contribution in [0.2, 0.25) is 0 Å². The molecule has 0 aliphatic rings. The first-order chi connectivity index (χ1) is 8.88. The molecule has 1 aromatic carbocycles. The average Bonchev–Trinajstić information content (AvgIpc) is 2.35. The predicted molar refractivity (Wildman–Crippen MR) is 70.6 cm³/mol. The zero-order valence-electron chi connectivity index (χ0n) is 9.99. The molecular formula is C11H12N2O5S. The number of carboxylic acids is 1. The van der Waals surface area contributed by atoms with Crippen LogP contribution in [-0.4, -0.2) is 33.7 Å². The molecule has 1 unspecified atom stereocenters. The molecule has 1 aromatic rings. The van der Waals surface area contributed by atoms with Crippen LogP contribution >= 0.6 is 12.6 Å². The van der Waals surface area contributed by atoms with Gasteiger partial charge in [-0.15, -0.1) is 0 Å². The average molecular weight is 284 g/mol. The molecule has 0 saturated heterocycles. The fraction of sp³-hybridized carbons (Fsp3) is 0.273. The van der Waals surface area contributed by atoms with Crippen molar-refractivity contribution in [3.8, 4) is 0 Å². The minimum Gasteiger partial charge on any atom is -0.480 e. The van der Waals surface area contributed by atoms with Gasteiger partial charge in [0.2, 0.25) is 0 Å². The van der Waals surface area contributed by atoms with Crippen molar-refractivity contribution in [1.82, 2.24) is 5.32 Å². The summed E-state index contributed by atoms with van der Waals surface area (Å²) in [5, 5.41) is 21.8. The van der Waals surface area contributed by atoms with Crippen LogP contribution < -0.4 is 5.32 Å².